The van der Waals surface area contributed by atoms with Crippen molar-refractivity contribution in [2.24, 2.45) is 0 Å². The number of anilines is 1. The Kier molecular flexibility index (Phi) is 5.57. The monoisotopic (exact) mass is 471 g/mol. The number of carbonyl (C=O) groups is 1. The summed E-state index contributed by atoms with van der Waals surface area (Å²) in [5.41, 5.74) is -0.0577. The van der Waals surface area contributed by atoms with Gasteiger partial charge in [-0.2, -0.15) is 13.2 Å². The first-order valence-electron chi connectivity index (χ1n) is 10.1. The zero-order valence-corrected chi connectivity index (χ0v) is 18.3. The predicted octanol–water partition coefficient (Wildman–Crippen LogP) is 4.59. The summed E-state index contributed by atoms with van der Waals surface area (Å²) in [6, 6.07) is 6.07. The molecule has 11 heteroatoms. The lowest BCUT2D eigenvalue weighted by Gasteiger charge is -2.48. The lowest BCUT2D eigenvalue weighted by atomic mass is 9.69. The second-order valence-corrected chi connectivity index (χ2v) is 8.96. The van der Waals surface area contributed by atoms with Crippen molar-refractivity contribution in [2.75, 3.05) is 25.5 Å². The topological polar surface area (TPSA) is 61.4 Å². The quantitative estimate of drug-likeness (QED) is 0.525. The Morgan fingerprint density at radius 2 is 1.88 bits per heavy atom. The summed E-state index contributed by atoms with van der Waals surface area (Å²) in [5, 5.41) is 2.55. The average Bonchev–Trinajstić information content (AvgIpc) is 3.03. The number of halogens is 5. The van der Waals surface area contributed by atoms with E-state index in [9.17, 15) is 22.4 Å². The van der Waals surface area contributed by atoms with E-state index < -0.39 is 28.7 Å². The molecule has 1 aliphatic carbocycles. The minimum atomic E-state index is -4.73. The summed E-state index contributed by atoms with van der Waals surface area (Å²) < 4.78 is 52.4. The van der Waals surface area contributed by atoms with Gasteiger partial charge in [0.15, 0.2) is 5.15 Å². The van der Waals surface area contributed by atoms with Crippen LogP contribution in [0.1, 0.15) is 37.1 Å². The lowest BCUT2D eigenvalue weighted by Crippen LogP contribution is -2.54. The highest BCUT2D eigenvalue weighted by Crippen LogP contribution is 2.47. The summed E-state index contributed by atoms with van der Waals surface area (Å²) in [6.45, 7) is 0.229. The summed E-state index contributed by atoms with van der Waals surface area (Å²) in [6.07, 6.45) is -1.28. The molecule has 2 aliphatic rings. The Morgan fingerprint density at radius 1 is 1.19 bits per heavy atom. The molecule has 1 N–H and O–H groups in total. The van der Waals surface area contributed by atoms with E-state index in [1.54, 1.807) is 6.07 Å². The number of nitrogens with one attached hydrogen (secondary N) is 1. The standard InChI is InChI=1S/C21H22ClF4N5O/c1-30(2)20(13-4-3-5-14(23)10-13)8-6-19(7-9-20)12-31(18(32)29-19)15-11-27-17(21(24,25)26)28-16(15)22/h3-5,10-11H,6-9,12H2,1-2H3,(H,29,32)/t19-,20+. The van der Waals surface area contributed by atoms with Gasteiger partial charge in [-0.25, -0.2) is 19.2 Å². The molecule has 2 fully saturated rings. The van der Waals surface area contributed by atoms with E-state index >= 15 is 0 Å². The molecule has 1 saturated carbocycles. The maximum atomic E-state index is 13.9. The molecule has 0 atom stereocenters. The van der Waals surface area contributed by atoms with Crippen LogP contribution in [-0.2, 0) is 11.7 Å². The fourth-order valence-electron chi connectivity index (χ4n) is 4.77. The van der Waals surface area contributed by atoms with E-state index in [-0.39, 0.29) is 23.6 Å². The second-order valence-electron chi connectivity index (χ2n) is 8.60. The van der Waals surface area contributed by atoms with Gasteiger partial charge in [0.1, 0.15) is 11.5 Å². The van der Waals surface area contributed by atoms with E-state index in [0.717, 1.165) is 11.8 Å². The summed E-state index contributed by atoms with van der Waals surface area (Å²) in [7, 11) is 3.89. The third-order valence-electron chi connectivity index (χ3n) is 6.60. The number of hydrogen-bond acceptors (Lipinski definition) is 4. The van der Waals surface area contributed by atoms with Crippen LogP contribution in [0.15, 0.2) is 30.5 Å². The normalized spacial score (nSPS) is 26.1. The van der Waals surface area contributed by atoms with Crippen LogP contribution in [-0.4, -0.2) is 47.1 Å². The Bertz CT molecular complexity index is 1040. The van der Waals surface area contributed by atoms with Gasteiger partial charge in [0, 0.05) is 5.54 Å². The number of aromatic nitrogens is 2. The smallest absolute Gasteiger partial charge is 0.330 e. The molecular weight excluding hydrogens is 450 g/mol. The zero-order valence-electron chi connectivity index (χ0n) is 17.5. The number of alkyl halides is 3. The molecule has 172 valence electrons. The maximum absolute atomic E-state index is 13.9. The van der Waals surface area contributed by atoms with Crippen molar-refractivity contribution in [3.63, 3.8) is 0 Å². The van der Waals surface area contributed by atoms with Crippen molar-refractivity contribution in [2.45, 2.75) is 42.9 Å². The molecule has 1 saturated heterocycles. The van der Waals surface area contributed by atoms with E-state index in [2.05, 4.69) is 20.2 Å². The number of rotatable bonds is 3. The highest BCUT2D eigenvalue weighted by atomic mass is 35.5. The molecule has 4 rings (SSSR count). The molecule has 0 bridgehead atoms. The van der Waals surface area contributed by atoms with Crippen LogP contribution < -0.4 is 10.2 Å². The first kappa shape index (κ1) is 22.7. The van der Waals surface area contributed by atoms with Crippen molar-refractivity contribution in [3.8, 4) is 0 Å². The zero-order chi connectivity index (χ0) is 23.3. The van der Waals surface area contributed by atoms with Crippen LogP contribution in [0, 0.1) is 5.82 Å². The molecule has 0 radical (unpaired) electrons. The summed E-state index contributed by atoms with van der Waals surface area (Å²) >= 11 is 5.97. The van der Waals surface area contributed by atoms with Gasteiger partial charge in [-0.15, -0.1) is 0 Å². The lowest BCUT2D eigenvalue weighted by molar-refractivity contribution is -0.144. The molecule has 2 aromatic rings. The van der Waals surface area contributed by atoms with Gasteiger partial charge < -0.3 is 5.32 Å². The van der Waals surface area contributed by atoms with E-state index in [1.807, 2.05) is 20.2 Å². The Morgan fingerprint density at radius 3 is 2.44 bits per heavy atom. The molecular formula is C21H22ClF4N5O. The number of urea groups is 1. The molecule has 1 aromatic carbocycles. The van der Waals surface area contributed by atoms with Crippen LogP contribution in [0.4, 0.5) is 28.0 Å². The van der Waals surface area contributed by atoms with E-state index in [0.29, 0.717) is 25.7 Å². The van der Waals surface area contributed by atoms with Gasteiger partial charge in [-0.05, 0) is 57.5 Å². The number of amides is 2. The molecule has 2 heterocycles. The van der Waals surface area contributed by atoms with Crippen molar-refractivity contribution in [1.29, 1.82) is 0 Å². The Balaban J connectivity index is 1.56. The molecule has 1 spiro atoms. The highest BCUT2D eigenvalue weighted by Gasteiger charge is 2.51. The third-order valence-corrected chi connectivity index (χ3v) is 6.88. The number of hydrogen-bond donors (Lipinski definition) is 1. The van der Waals surface area contributed by atoms with Crippen LogP contribution in [0.2, 0.25) is 5.15 Å². The Labute approximate surface area is 187 Å². The molecule has 0 unspecified atom stereocenters. The number of nitrogens with zero attached hydrogens (tertiary/aromatic N) is 4. The predicted molar refractivity (Wildman–Crippen MR) is 111 cm³/mol. The molecule has 1 aromatic heterocycles. The maximum Gasteiger partial charge on any atom is 0.451 e. The van der Waals surface area contributed by atoms with E-state index in [4.69, 9.17) is 11.6 Å². The van der Waals surface area contributed by atoms with Crippen LogP contribution in [0.3, 0.4) is 0 Å². The van der Waals surface area contributed by atoms with Crippen LogP contribution in [0.25, 0.3) is 0 Å². The largest absolute Gasteiger partial charge is 0.451 e. The fourth-order valence-corrected chi connectivity index (χ4v) is 5.00. The first-order chi connectivity index (χ1) is 15.0. The van der Waals surface area contributed by atoms with Crippen LogP contribution in [0.5, 0.6) is 0 Å². The SMILES string of the molecule is CN(C)[C@]1(c2cccc(F)c2)CC[C@]2(CC1)CN(c1cnc(C(F)(F)F)nc1Cl)C(=O)N2. The van der Waals surface area contributed by atoms with Gasteiger partial charge in [0.05, 0.1) is 18.3 Å². The van der Waals surface area contributed by atoms with Gasteiger partial charge in [0.2, 0.25) is 5.82 Å². The van der Waals surface area contributed by atoms with E-state index in [1.165, 1.54) is 17.0 Å². The molecule has 6 nitrogen and oxygen atoms in total. The second kappa shape index (κ2) is 7.84. The summed E-state index contributed by atoms with van der Waals surface area (Å²) in [4.78, 5) is 22.7. The van der Waals surface area contributed by atoms with Crippen molar-refractivity contribution >= 4 is 23.3 Å². The van der Waals surface area contributed by atoms with Crippen LogP contribution >= 0.6 is 11.6 Å². The summed E-state index contributed by atoms with van der Waals surface area (Å²) in [5.74, 6) is -1.66. The molecule has 2 amide bonds. The number of benzene rings is 1. The molecule has 32 heavy (non-hydrogen) atoms. The Hall–Kier alpha value is -2.46. The van der Waals surface area contributed by atoms with Crippen molar-refractivity contribution in [1.82, 2.24) is 20.2 Å². The number of carbonyl (C=O) groups excluding carboxylic acids is 1. The van der Waals surface area contributed by atoms with Gasteiger partial charge >= 0.3 is 12.2 Å². The minimum absolute atomic E-state index is 0.0311. The molecule has 1 aliphatic heterocycles. The third kappa shape index (κ3) is 3.90. The van der Waals surface area contributed by atoms with Gasteiger partial charge in [-0.1, -0.05) is 23.7 Å². The van der Waals surface area contributed by atoms with Crippen molar-refractivity contribution in [3.05, 3.63) is 52.8 Å². The highest BCUT2D eigenvalue weighted by molar-refractivity contribution is 6.32. The fraction of sp³-hybridized carbons (Fsp3) is 0.476. The van der Waals surface area contributed by atoms with Gasteiger partial charge in [-0.3, -0.25) is 9.80 Å². The van der Waals surface area contributed by atoms with Gasteiger partial charge in [0.25, 0.3) is 0 Å². The first-order valence-corrected chi connectivity index (χ1v) is 10.5. The van der Waals surface area contributed by atoms with Crippen molar-refractivity contribution < 1.29 is 22.4 Å². The minimum Gasteiger partial charge on any atom is -0.330 e. The average molecular weight is 472 g/mol.